The number of rotatable bonds is 0. The Morgan fingerprint density at radius 1 is 1.25 bits per heavy atom. The average molecular weight is 234 g/mol. The molecule has 0 unspecified atom stereocenters. The third-order valence-corrected chi connectivity index (χ3v) is 2.60. The average Bonchev–Trinajstić information content (AvgIpc) is 2.54. The lowest BCUT2D eigenvalue weighted by Gasteiger charge is -2.00. The van der Waals surface area contributed by atoms with Crippen LogP contribution in [0.15, 0.2) is 18.2 Å². The topological polar surface area (TPSA) is 69.1 Å². The van der Waals surface area contributed by atoms with E-state index >= 15 is 0 Å². The third kappa shape index (κ3) is 1.22. The third-order valence-electron chi connectivity index (χ3n) is 2.37. The van der Waals surface area contributed by atoms with Gasteiger partial charge in [0.25, 0.3) is 0 Å². The number of nitrogens with two attached hydrogens (primary N) is 1. The summed E-state index contributed by atoms with van der Waals surface area (Å²) in [5.41, 5.74) is 7.47. The second kappa shape index (κ2) is 3.05. The van der Waals surface area contributed by atoms with Crippen molar-refractivity contribution in [1.29, 1.82) is 0 Å². The van der Waals surface area contributed by atoms with E-state index in [0.717, 1.165) is 11.0 Å². The van der Waals surface area contributed by atoms with Gasteiger partial charge in [-0.1, -0.05) is 11.6 Å². The van der Waals surface area contributed by atoms with Gasteiger partial charge in [-0.15, -0.1) is 0 Å². The van der Waals surface area contributed by atoms with Gasteiger partial charge >= 0.3 is 0 Å². The van der Waals surface area contributed by atoms with Crippen LogP contribution < -0.4 is 5.73 Å². The number of hydrogen-bond donors (Lipinski definition) is 1. The fraction of sp³-hybridized carbons (Fsp3) is 0.100. The van der Waals surface area contributed by atoms with E-state index < -0.39 is 0 Å². The van der Waals surface area contributed by atoms with Crippen molar-refractivity contribution in [2.75, 3.05) is 5.73 Å². The summed E-state index contributed by atoms with van der Waals surface area (Å²) >= 11 is 5.94. The second-order valence-electron chi connectivity index (χ2n) is 3.51. The highest BCUT2D eigenvalue weighted by Gasteiger charge is 2.09. The molecule has 0 saturated carbocycles. The van der Waals surface area contributed by atoms with Crippen LogP contribution in [0.1, 0.15) is 5.82 Å². The standard InChI is InChI=1S/C10H8ClN5/c1-5-13-9(12)16-8-4-6(11)2-3-7(8)15-10(16)14-5/h2-4H,1H3,(H2,12,13,14,15). The minimum atomic E-state index is 0.368. The molecule has 80 valence electrons. The molecule has 2 N–H and O–H groups in total. The Hall–Kier alpha value is -1.88. The van der Waals surface area contributed by atoms with Crippen LogP contribution in [0.5, 0.6) is 0 Å². The summed E-state index contributed by atoms with van der Waals surface area (Å²) < 4.78 is 1.69. The zero-order valence-electron chi connectivity index (χ0n) is 8.48. The summed E-state index contributed by atoms with van der Waals surface area (Å²) in [5.74, 6) is 1.51. The number of nitrogen functional groups attached to an aromatic ring is 1. The minimum Gasteiger partial charge on any atom is -0.369 e. The van der Waals surface area contributed by atoms with E-state index in [-0.39, 0.29) is 0 Å². The molecule has 0 aliphatic rings. The first kappa shape index (κ1) is 9.35. The SMILES string of the molecule is Cc1nc(N)n2c(n1)nc1ccc(Cl)cc12. The monoisotopic (exact) mass is 233 g/mol. The van der Waals surface area contributed by atoms with Crippen molar-refractivity contribution in [2.45, 2.75) is 6.92 Å². The first-order valence-electron chi connectivity index (χ1n) is 4.73. The smallest absolute Gasteiger partial charge is 0.239 e. The molecule has 0 fully saturated rings. The number of benzene rings is 1. The van der Waals surface area contributed by atoms with Gasteiger partial charge in [0.05, 0.1) is 11.0 Å². The van der Waals surface area contributed by atoms with Gasteiger partial charge < -0.3 is 5.73 Å². The Bertz CT molecular complexity index is 703. The van der Waals surface area contributed by atoms with Gasteiger partial charge in [-0.25, -0.2) is 9.38 Å². The molecule has 3 aromatic rings. The fourth-order valence-corrected chi connectivity index (χ4v) is 1.89. The molecule has 0 amide bonds. The summed E-state index contributed by atoms with van der Waals surface area (Å²) in [5, 5.41) is 0.634. The quantitative estimate of drug-likeness (QED) is 0.643. The molecule has 2 aromatic heterocycles. The predicted molar refractivity (Wildman–Crippen MR) is 62.4 cm³/mol. The molecular formula is C10H8ClN5. The summed E-state index contributed by atoms with van der Waals surface area (Å²) in [6, 6.07) is 5.42. The summed E-state index contributed by atoms with van der Waals surface area (Å²) in [7, 11) is 0. The maximum Gasteiger partial charge on any atom is 0.239 e. The number of aryl methyl sites for hydroxylation is 1. The van der Waals surface area contributed by atoms with E-state index in [2.05, 4.69) is 15.0 Å². The number of fused-ring (bicyclic) bond motifs is 3. The lowest BCUT2D eigenvalue weighted by molar-refractivity contribution is 0.984. The highest BCUT2D eigenvalue weighted by atomic mass is 35.5. The number of imidazole rings is 1. The van der Waals surface area contributed by atoms with Crippen molar-refractivity contribution >= 4 is 34.4 Å². The first-order chi connectivity index (χ1) is 7.65. The predicted octanol–water partition coefficient (Wildman–Crippen LogP) is 1.82. The zero-order valence-corrected chi connectivity index (χ0v) is 9.23. The van der Waals surface area contributed by atoms with Crippen LogP contribution >= 0.6 is 11.6 Å². The van der Waals surface area contributed by atoms with E-state index in [9.17, 15) is 0 Å². The summed E-state index contributed by atoms with van der Waals surface area (Å²) in [6.45, 7) is 1.78. The molecule has 3 rings (SSSR count). The van der Waals surface area contributed by atoms with Crippen LogP contribution in [0.2, 0.25) is 5.02 Å². The van der Waals surface area contributed by atoms with Crippen molar-refractivity contribution in [3.05, 3.63) is 29.0 Å². The van der Waals surface area contributed by atoms with Crippen molar-refractivity contribution in [2.24, 2.45) is 0 Å². The van der Waals surface area contributed by atoms with E-state index in [1.54, 1.807) is 23.5 Å². The summed E-state index contributed by atoms with van der Waals surface area (Å²) in [6.07, 6.45) is 0. The van der Waals surface area contributed by atoms with Crippen LogP contribution in [0.4, 0.5) is 5.95 Å². The molecule has 6 heteroatoms. The highest BCUT2D eigenvalue weighted by Crippen LogP contribution is 2.21. The lowest BCUT2D eigenvalue weighted by Crippen LogP contribution is -2.04. The van der Waals surface area contributed by atoms with Gasteiger partial charge in [0.15, 0.2) is 0 Å². The first-order valence-corrected chi connectivity index (χ1v) is 5.11. The molecule has 1 aromatic carbocycles. The minimum absolute atomic E-state index is 0.368. The Labute approximate surface area is 95.9 Å². The van der Waals surface area contributed by atoms with E-state index in [0.29, 0.717) is 22.6 Å². The van der Waals surface area contributed by atoms with E-state index in [4.69, 9.17) is 17.3 Å². The van der Waals surface area contributed by atoms with Crippen LogP contribution in [0.25, 0.3) is 16.8 Å². The molecule has 0 spiro atoms. The Morgan fingerprint density at radius 2 is 2.06 bits per heavy atom. The molecule has 0 bridgehead atoms. The molecular weight excluding hydrogens is 226 g/mol. The van der Waals surface area contributed by atoms with Crippen molar-refractivity contribution < 1.29 is 0 Å². The second-order valence-corrected chi connectivity index (χ2v) is 3.95. The van der Waals surface area contributed by atoms with Crippen LogP contribution in [-0.4, -0.2) is 19.4 Å². The molecule has 0 atom stereocenters. The van der Waals surface area contributed by atoms with Gasteiger partial charge in [-0.05, 0) is 25.1 Å². The summed E-state index contributed by atoms with van der Waals surface area (Å²) in [4.78, 5) is 12.7. The molecule has 0 saturated heterocycles. The van der Waals surface area contributed by atoms with Crippen molar-refractivity contribution in [3.8, 4) is 0 Å². The number of nitrogens with zero attached hydrogens (tertiary/aromatic N) is 4. The van der Waals surface area contributed by atoms with Gasteiger partial charge in [-0.2, -0.15) is 9.97 Å². The van der Waals surface area contributed by atoms with Crippen molar-refractivity contribution in [3.63, 3.8) is 0 Å². The van der Waals surface area contributed by atoms with E-state index in [1.807, 2.05) is 6.07 Å². The molecule has 0 aliphatic heterocycles. The molecule has 0 radical (unpaired) electrons. The Morgan fingerprint density at radius 3 is 2.88 bits per heavy atom. The number of hydrogen-bond acceptors (Lipinski definition) is 4. The largest absolute Gasteiger partial charge is 0.369 e. The van der Waals surface area contributed by atoms with Gasteiger partial charge in [0.2, 0.25) is 11.7 Å². The maximum atomic E-state index is 5.94. The maximum absolute atomic E-state index is 5.94. The van der Waals surface area contributed by atoms with Crippen molar-refractivity contribution in [1.82, 2.24) is 19.4 Å². The van der Waals surface area contributed by atoms with Gasteiger partial charge in [0, 0.05) is 5.02 Å². The molecule has 2 heterocycles. The highest BCUT2D eigenvalue weighted by molar-refractivity contribution is 6.31. The zero-order chi connectivity index (χ0) is 11.3. The number of aromatic nitrogens is 4. The van der Waals surface area contributed by atoms with Gasteiger partial charge in [0.1, 0.15) is 5.82 Å². The van der Waals surface area contributed by atoms with E-state index in [1.165, 1.54) is 0 Å². The molecule has 5 nitrogen and oxygen atoms in total. The number of halogens is 1. The Kier molecular flexibility index (Phi) is 1.79. The van der Waals surface area contributed by atoms with Crippen LogP contribution in [0, 0.1) is 6.92 Å². The van der Waals surface area contributed by atoms with Crippen LogP contribution in [-0.2, 0) is 0 Å². The van der Waals surface area contributed by atoms with Gasteiger partial charge in [-0.3, -0.25) is 0 Å². The molecule has 16 heavy (non-hydrogen) atoms. The van der Waals surface area contributed by atoms with Crippen LogP contribution in [0.3, 0.4) is 0 Å². The Balaban J connectivity index is 2.57. The fourth-order valence-electron chi connectivity index (χ4n) is 1.72. The lowest BCUT2D eigenvalue weighted by atomic mass is 10.3. The number of anilines is 1. The normalized spacial score (nSPS) is 11.4. The molecule has 0 aliphatic carbocycles.